The molecule has 0 bridgehead atoms. The molecular weight excluding hydrogens is 324 g/mol. The van der Waals surface area contributed by atoms with Gasteiger partial charge < -0.3 is 9.72 Å². The first-order valence-electron chi connectivity index (χ1n) is 6.85. The molecule has 0 atom stereocenters. The molecule has 1 aromatic carbocycles. The van der Waals surface area contributed by atoms with Crippen LogP contribution in [-0.4, -0.2) is 30.3 Å². The van der Waals surface area contributed by atoms with Crippen molar-refractivity contribution in [1.29, 1.82) is 0 Å². The van der Waals surface area contributed by atoms with Gasteiger partial charge in [0.15, 0.2) is 0 Å². The standard InChI is InChI=1S/C14H16N2O6S/c1-2-11(16-22-23(18,19)20)7-8-21-12-4-5-13-10(9-12)3-6-14(17)15-13/h3-6,9H,2,7-8H2,1H3,(H,15,17)(H,18,19,20). The summed E-state index contributed by atoms with van der Waals surface area (Å²) in [6.07, 6.45) is 0.799. The lowest BCUT2D eigenvalue weighted by molar-refractivity contribution is 0.278. The number of H-pyrrole nitrogens is 1. The molecule has 0 unspecified atom stereocenters. The highest BCUT2D eigenvalue weighted by Crippen LogP contribution is 2.18. The maximum atomic E-state index is 11.2. The number of fused-ring (bicyclic) bond motifs is 1. The van der Waals surface area contributed by atoms with E-state index in [0.29, 0.717) is 29.8 Å². The number of hydrogen-bond donors (Lipinski definition) is 2. The number of hydrogen-bond acceptors (Lipinski definition) is 6. The molecule has 0 saturated carbocycles. The van der Waals surface area contributed by atoms with E-state index in [2.05, 4.69) is 14.4 Å². The van der Waals surface area contributed by atoms with Crippen LogP contribution in [0.15, 0.2) is 40.3 Å². The third-order valence-corrected chi connectivity index (χ3v) is 3.29. The second-order valence-electron chi connectivity index (χ2n) is 4.68. The molecule has 124 valence electrons. The normalized spacial score (nSPS) is 12.3. The third-order valence-electron chi connectivity index (χ3n) is 3.02. The molecule has 0 aliphatic heterocycles. The molecule has 0 saturated heterocycles. The van der Waals surface area contributed by atoms with Crippen LogP contribution >= 0.6 is 0 Å². The Bertz CT molecular complexity index is 872. The fourth-order valence-electron chi connectivity index (χ4n) is 1.90. The minimum Gasteiger partial charge on any atom is -0.493 e. The number of aromatic amines is 1. The van der Waals surface area contributed by atoms with Gasteiger partial charge in [-0.2, -0.15) is 8.42 Å². The highest BCUT2D eigenvalue weighted by molar-refractivity contribution is 7.80. The van der Waals surface area contributed by atoms with Crippen molar-refractivity contribution < 1.29 is 22.0 Å². The predicted octanol–water partition coefficient (Wildman–Crippen LogP) is 1.88. The Morgan fingerprint density at radius 2 is 2.09 bits per heavy atom. The summed E-state index contributed by atoms with van der Waals surface area (Å²) in [5.41, 5.74) is 0.976. The second-order valence-corrected chi connectivity index (χ2v) is 5.69. The third kappa shape index (κ3) is 5.38. The number of benzene rings is 1. The molecule has 2 N–H and O–H groups in total. The summed E-state index contributed by atoms with van der Waals surface area (Å²) < 4.78 is 39.0. The van der Waals surface area contributed by atoms with Gasteiger partial charge in [-0.3, -0.25) is 9.35 Å². The van der Waals surface area contributed by atoms with Gasteiger partial charge in [-0.05, 0) is 30.7 Å². The summed E-state index contributed by atoms with van der Waals surface area (Å²) in [5.74, 6) is 0.607. The lowest BCUT2D eigenvalue weighted by atomic mass is 10.2. The van der Waals surface area contributed by atoms with Gasteiger partial charge in [-0.25, -0.2) is 4.28 Å². The summed E-state index contributed by atoms with van der Waals surface area (Å²) in [6.45, 7) is 2.04. The Morgan fingerprint density at radius 3 is 2.78 bits per heavy atom. The Kier molecular flexibility index (Phi) is 5.35. The zero-order valence-corrected chi connectivity index (χ0v) is 13.2. The number of nitrogens with zero attached hydrogens (tertiary/aromatic N) is 1. The Hall–Kier alpha value is -2.39. The molecule has 0 fully saturated rings. The number of rotatable bonds is 7. The summed E-state index contributed by atoms with van der Waals surface area (Å²) >= 11 is 0. The summed E-state index contributed by atoms with van der Waals surface area (Å²) in [5, 5.41) is 4.20. The van der Waals surface area contributed by atoms with E-state index >= 15 is 0 Å². The SMILES string of the molecule is CCC(CCOc1ccc2[nH]c(=O)ccc2c1)=NOS(=O)(=O)O. The van der Waals surface area contributed by atoms with Crippen LogP contribution in [0.3, 0.4) is 0 Å². The van der Waals surface area contributed by atoms with Crippen LogP contribution in [0.25, 0.3) is 10.9 Å². The fraction of sp³-hybridized carbons (Fsp3) is 0.286. The van der Waals surface area contributed by atoms with Crippen molar-refractivity contribution in [3.05, 3.63) is 40.7 Å². The van der Waals surface area contributed by atoms with E-state index in [0.717, 1.165) is 5.39 Å². The molecule has 0 amide bonds. The van der Waals surface area contributed by atoms with Crippen LogP contribution in [0.1, 0.15) is 19.8 Å². The number of pyridine rings is 1. The molecule has 1 heterocycles. The van der Waals surface area contributed by atoms with Gasteiger partial charge in [0.2, 0.25) is 5.56 Å². The van der Waals surface area contributed by atoms with Gasteiger partial charge in [0.25, 0.3) is 0 Å². The summed E-state index contributed by atoms with van der Waals surface area (Å²) in [7, 11) is -4.59. The zero-order chi connectivity index (χ0) is 16.9. The number of aromatic nitrogens is 1. The van der Waals surface area contributed by atoms with E-state index < -0.39 is 10.4 Å². The van der Waals surface area contributed by atoms with Crippen molar-refractivity contribution in [1.82, 2.24) is 4.98 Å². The van der Waals surface area contributed by atoms with Crippen LogP contribution < -0.4 is 10.3 Å². The smallest absolute Gasteiger partial charge is 0.466 e. The minimum absolute atomic E-state index is 0.172. The lowest BCUT2D eigenvalue weighted by Gasteiger charge is -2.08. The van der Waals surface area contributed by atoms with Crippen LogP contribution in [0.5, 0.6) is 5.75 Å². The van der Waals surface area contributed by atoms with Crippen LogP contribution in [0.4, 0.5) is 0 Å². The average Bonchev–Trinajstić information content (AvgIpc) is 2.49. The van der Waals surface area contributed by atoms with Gasteiger partial charge >= 0.3 is 10.4 Å². The van der Waals surface area contributed by atoms with Gasteiger partial charge in [0, 0.05) is 23.4 Å². The fourth-order valence-corrected chi connectivity index (χ4v) is 2.10. The Labute approximate surface area is 132 Å². The van der Waals surface area contributed by atoms with E-state index in [-0.39, 0.29) is 12.2 Å². The summed E-state index contributed by atoms with van der Waals surface area (Å²) in [4.78, 5) is 13.9. The van der Waals surface area contributed by atoms with Gasteiger partial charge in [-0.1, -0.05) is 12.1 Å². The van der Waals surface area contributed by atoms with Crippen molar-refractivity contribution >= 4 is 27.0 Å². The van der Waals surface area contributed by atoms with Crippen LogP contribution in [0, 0.1) is 0 Å². The molecular formula is C14H16N2O6S. The lowest BCUT2D eigenvalue weighted by Crippen LogP contribution is -2.08. The highest BCUT2D eigenvalue weighted by atomic mass is 32.3. The van der Waals surface area contributed by atoms with Crippen molar-refractivity contribution in [3.63, 3.8) is 0 Å². The molecule has 1 aromatic heterocycles. The average molecular weight is 340 g/mol. The van der Waals surface area contributed by atoms with Crippen molar-refractivity contribution in [2.24, 2.45) is 5.16 Å². The molecule has 2 aromatic rings. The van der Waals surface area contributed by atoms with Crippen LogP contribution in [-0.2, 0) is 14.7 Å². The molecule has 8 nitrogen and oxygen atoms in total. The van der Waals surface area contributed by atoms with Crippen LogP contribution in [0.2, 0.25) is 0 Å². The maximum absolute atomic E-state index is 11.2. The number of nitrogens with one attached hydrogen (secondary N) is 1. The molecule has 9 heteroatoms. The predicted molar refractivity (Wildman–Crippen MR) is 85.0 cm³/mol. The first kappa shape index (κ1) is 17.0. The van der Waals surface area contributed by atoms with E-state index in [9.17, 15) is 13.2 Å². The van der Waals surface area contributed by atoms with E-state index in [1.54, 1.807) is 31.2 Å². The van der Waals surface area contributed by atoms with E-state index in [1.165, 1.54) is 6.07 Å². The van der Waals surface area contributed by atoms with Crippen molar-refractivity contribution in [2.45, 2.75) is 19.8 Å². The van der Waals surface area contributed by atoms with Crippen molar-refractivity contribution in [3.8, 4) is 5.75 Å². The topological polar surface area (TPSA) is 118 Å². The zero-order valence-electron chi connectivity index (χ0n) is 12.4. The first-order chi connectivity index (χ1) is 10.9. The first-order valence-corrected chi connectivity index (χ1v) is 8.21. The second kappa shape index (κ2) is 7.25. The quantitative estimate of drug-likeness (QED) is 0.451. The highest BCUT2D eigenvalue weighted by Gasteiger charge is 2.06. The molecule has 0 radical (unpaired) electrons. The molecule has 0 aliphatic rings. The largest absolute Gasteiger partial charge is 0.493 e. The molecule has 23 heavy (non-hydrogen) atoms. The maximum Gasteiger partial charge on any atom is 0.466 e. The summed E-state index contributed by atoms with van der Waals surface area (Å²) in [6, 6.07) is 8.36. The number of ether oxygens (including phenoxy) is 1. The number of oxime groups is 1. The minimum atomic E-state index is -4.59. The molecule has 0 spiro atoms. The van der Waals surface area contributed by atoms with Gasteiger partial charge in [0.1, 0.15) is 5.75 Å². The molecule has 2 rings (SSSR count). The monoisotopic (exact) mass is 340 g/mol. The molecule has 0 aliphatic carbocycles. The Morgan fingerprint density at radius 1 is 1.30 bits per heavy atom. The van der Waals surface area contributed by atoms with Gasteiger partial charge in [0.05, 0.1) is 12.3 Å². The van der Waals surface area contributed by atoms with E-state index in [4.69, 9.17) is 9.29 Å². The van der Waals surface area contributed by atoms with Crippen molar-refractivity contribution in [2.75, 3.05) is 6.61 Å². The van der Waals surface area contributed by atoms with Gasteiger partial charge in [-0.15, -0.1) is 0 Å². The Balaban J connectivity index is 1.97. The van der Waals surface area contributed by atoms with E-state index in [1.807, 2.05) is 0 Å².